The van der Waals surface area contributed by atoms with E-state index in [0.717, 1.165) is 5.39 Å². The molecule has 3 aromatic rings. The quantitative estimate of drug-likeness (QED) is 0.610. The molecule has 10 heteroatoms. The van der Waals surface area contributed by atoms with Crippen molar-refractivity contribution in [3.63, 3.8) is 0 Å². The Balaban J connectivity index is 1.80. The average Bonchev–Trinajstić information content (AvgIpc) is 2.68. The first-order chi connectivity index (χ1) is 14.4. The normalized spacial score (nSPS) is 18.2. The maximum atomic E-state index is 13.5. The first-order valence-electron chi connectivity index (χ1n) is 9.47. The van der Waals surface area contributed by atoms with Gasteiger partial charge in [0, 0.05) is 34.8 Å². The summed E-state index contributed by atoms with van der Waals surface area (Å²) in [6, 6.07) is 5.11. The van der Waals surface area contributed by atoms with Crippen LogP contribution >= 0.6 is 0 Å². The van der Waals surface area contributed by atoms with Crippen molar-refractivity contribution in [2.24, 2.45) is 5.73 Å². The van der Waals surface area contributed by atoms with Crippen molar-refractivity contribution in [1.82, 2.24) is 19.5 Å². The molecule has 10 nitrogen and oxygen atoms in total. The highest BCUT2D eigenvalue weighted by Crippen LogP contribution is 2.36. The molecule has 0 atom stereocenters. The summed E-state index contributed by atoms with van der Waals surface area (Å²) in [7, 11) is 1.53. The summed E-state index contributed by atoms with van der Waals surface area (Å²) >= 11 is 0. The van der Waals surface area contributed by atoms with Crippen LogP contribution in [0, 0.1) is 6.92 Å². The van der Waals surface area contributed by atoms with E-state index >= 15 is 0 Å². The molecule has 0 radical (unpaired) electrons. The van der Waals surface area contributed by atoms with Crippen molar-refractivity contribution >= 4 is 22.9 Å². The summed E-state index contributed by atoms with van der Waals surface area (Å²) in [5, 5.41) is 0.733. The Bertz CT molecular complexity index is 1170. The van der Waals surface area contributed by atoms with Crippen molar-refractivity contribution < 1.29 is 14.3 Å². The summed E-state index contributed by atoms with van der Waals surface area (Å²) in [6.45, 7) is 1.68. The Morgan fingerprint density at radius 1 is 1.30 bits per heavy atom. The Morgan fingerprint density at radius 2 is 2.07 bits per heavy atom. The zero-order chi connectivity index (χ0) is 21.4. The summed E-state index contributed by atoms with van der Waals surface area (Å²) in [4.78, 5) is 37.2. The smallest absolute Gasteiger partial charge is 0.260 e. The van der Waals surface area contributed by atoms with Crippen molar-refractivity contribution in [2.75, 3.05) is 19.5 Å². The number of aromatic nitrogens is 4. The van der Waals surface area contributed by atoms with Crippen LogP contribution in [0.1, 0.15) is 24.6 Å². The van der Waals surface area contributed by atoms with E-state index in [0.29, 0.717) is 41.2 Å². The van der Waals surface area contributed by atoms with Gasteiger partial charge >= 0.3 is 0 Å². The van der Waals surface area contributed by atoms with E-state index in [-0.39, 0.29) is 30.3 Å². The van der Waals surface area contributed by atoms with Gasteiger partial charge in [-0.3, -0.25) is 14.2 Å². The number of pyridine rings is 2. The SMILES string of the molecule is COc1ccc(-c2cc3c(C)nc(N)nc3n([C@H]3C[C@H](OCC(N)=O)C3)c2=O)cn1. The summed E-state index contributed by atoms with van der Waals surface area (Å²) in [5.74, 6) is 0.0414. The third kappa shape index (κ3) is 3.57. The molecule has 4 rings (SSSR count). The number of carbonyl (C=O) groups excluding carboxylic acids is 1. The molecule has 0 unspecified atom stereocenters. The van der Waals surface area contributed by atoms with Gasteiger partial charge in [0.25, 0.3) is 5.56 Å². The lowest BCUT2D eigenvalue weighted by Crippen LogP contribution is -2.40. The highest BCUT2D eigenvalue weighted by atomic mass is 16.5. The number of nitrogens with two attached hydrogens (primary N) is 2. The summed E-state index contributed by atoms with van der Waals surface area (Å²) in [6.07, 6.45) is 2.58. The number of rotatable bonds is 6. The largest absolute Gasteiger partial charge is 0.481 e. The Morgan fingerprint density at radius 3 is 2.70 bits per heavy atom. The lowest BCUT2D eigenvalue weighted by atomic mass is 9.88. The van der Waals surface area contributed by atoms with Gasteiger partial charge in [0.2, 0.25) is 17.7 Å². The lowest BCUT2D eigenvalue weighted by molar-refractivity contribution is -0.127. The van der Waals surface area contributed by atoms with Crippen LogP contribution in [0.15, 0.2) is 29.2 Å². The predicted octanol–water partition coefficient (Wildman–Crippen LogP) is 0.958. The average molecular weight is 410 g/mol. The zero-order valence-electron chi connectivity index (χ0n) is 16.7. The van der Waals surface area contributed by atoms with Gasteiger partial charge < -0.3 is 20.9 Å². The fourth-order valence-electron chi connectivity index (χ4n) is 3.66. The molecule has 0 aliphatic heterocycles. The Labute approximate surface area is 171 Å². The number of fused-ring (bicyclic) bond motifs is 1. The molecule has 4 N–H and O–H groups in total. The zero-order valence-corrected chi connectivity index (χ0v) is 16.7. The molecule has 1 aliphatic rings. The highest BCUT2D eigenvalue weighted by Gasteiger charge is 2.34. The summed E-state index contributed by atoms with van der Waals surface area (Å²) < 4.78 is 12.2. The van der Waals surface area contributed by atoms with Gasteiger partial charge in [-0.2, -0.15) is 4.98 Å². The number of nitrogens with zero attached hydrogens (tertiary/aromatic N) is 4. The van der Waals surface area contributed by atoms with Crippen LogP contribution in [-0.2, 0) is 9.53 Å². The molecule has 3 aromatic heterocycles. The molecule has 0 saturated heterocycles. The first kappa shape index (κ1) is 19.8. The number of carbonyl (C=O) groups is 1. The molecular formula is C20H22N6O4. The summed E-state index contributed by atoms with van der Waals surface area (Å²) in [5.41, 5.74) is 13.1. The third-order valence-corrected chi connectivity index (χ3v) is 5.25. The number of ether oxygens (including phenoxy) is 2. The number of aryl methyl sites for hydroxylation is 1. The van der Waals surface area contributed by atoms with Gasteiger partial charge in [-0.05, 0) is 31.9 Å². The minimum absolute atomic E-state index is 0.105. The maximum Gasteiger partial charge on any atom is 0.260 e. The fourth-order valence-corrected chi connectivity index (χ4v) is 3.66. The molecule has 0 aromatic carbocycles. The molecule has 1 saturated carbocycles. The van der Waals surface area contributed by atoms with Crippen LogP contribution in [0.4, 0.5) is 5.95 Å². The van der Waals surface area contributed by atoms with E-state index in [9.17, 15) is 9.59 Å². The van der Waals surface area contributed by atoms with E-state index in [1.165, 1.54) is 7.11 Å². The van der Waals surface area contributed by atoms with E-state index in [1.54, 1.807) is 29.0 Å². The van der Waals surface area contributed by atoms with E-state index < -0.39 is 5.91 Å². The van der Waals surface area contributed by atoms with Crippen molar-refractivity contribution in [2.45, 2.75) is 31.9 Å². The third-order valence-electron chi connectivity index (χ3n) is 5.25. The van der Waals surface area contributed by atoms with Crippen molar-refractivity contribution in [3.8, 4) is 17.0 Å². The molecule has 156 valence electrons. The van der Waals surface area contributed by atoms with Crippen molar-refractivity contribution in [1.29, 1.82) is 0 Å². The standard InChI is InChI=1S/C20H22N6O4/c1-10-14-7-15(11-3-4-17(29-2)23-8-11)19(28)26(18(14)25-20(22)24-10)12-5-13(6-12)30-9-16(21)27/h3-4,7-8,12-13H,5-6,9H2,1-2H3,(H2,21,27)(H2,22,24,25)/t12-,13-. The molecule has 1 amide bonds. The number of anilines is 1. The van der Waals surface area contributed by atoms with Crippen LogP contribution in [0.2, 0.25) is 0 Å². The number of amides is 1. The Kier molecular flexibility index (Phi) is 5.08. The van der Waals surface area contributed by atoms with Gasteiger partial charge in [-0.1, -0.05) is 0 Å². The van der Waals surface area contributed by atoms with Gasteiger partial charge in [0.05, 0.1) is 18.9 Å². The number of methoxy groups -OCH3 is 1. The van der Waals surface area contributed by atoms with Gasteiger partial charge in [0.15, 0.2) is 0 Å². The number of hydrogen-bond donors (Lipinski definition) is 2. The molecule has 1 fully saturated rings. The Hall–Kier alpha value is -3.53. The molecule has 0 bridgehead atoms. The second-order valence-electron chi connectivity index (χ2n) is 7.25. The minimum atomic E-state index is -0.522. The van der Waals surface area contributed by atoms with Crippen LogP contribution in [0.25, 0.3) is 22.2 Å². The molecule has 0 spiro atoms. The van der Waals surface area contributed by atoms with Crippen LogP contribution in [-0.4, -0.2) is 45.2 Å². The molecule has 30 heavy (non-hydrogen) atoms. The van der Waals surface area contributed by atoms with Gasteiger partial charge in [-0.25, -0.2) is 9.97 Å². The second kappa shape index (κ2) is 7.71. The van der Waals surface area contributed by atoms with Gasteiger partial charge in [0.1, 0.15) is 12.3 Å². The predicted molar refractivity (Wildman–Crippen MR) is 110 cm³/mol. The maximum absolute atomic E-state index is 13.5. The molecule has 1 aliphatic carbocycles. The van der Waals surface area contributed by atoms with Gasteiger partial charge in [-0.15, -0.1) is 0 Å². The minimum Gasteiger partial charge on any atom is -0.481 e. The fraction of sp³-hybridized carbons (Fsp3) is 0.350. The van der Waals surface area contributed by atoms with E-state index in [1.807, 2.05) is 6.92 Å². The van der Waals surface area contributed by atoms with Crippen LogP contribution in [0.3, 0.4) is 0 Å². The van der Waals surface area contributed by atoms with E-state index in [4.69, 9.17) is 20.9 Å². The topological polar surface area (TPSA) is 148 Å². The number of nitrogen functional groups attached to an aromatic ring is 1. The lowest BCUT2D eigenvalue weighted by Gasteiger charge is -2.36. The molecular weight excluding hydrogens is 388 g/mol. The second-order valence-corrected chi connectivity index (χ2v) is 7.25. The van der Waals surface area contributed by atoms with Crippen LogP contribution < -0.4 is 21.8 Å². The van der Waals surface area contributed by atoms with E-state index in [2.05, 4.69) is 15.0 Å². The first-order valence-corrected chi connectivity index (χ1v) is 9.47. The monoisotopic (exact) mass is 410 g/mol. The van der Waals surface area contributed by atoms with Crippen molar-refractivity contribution in [3.05, 3.63) is 40.4 Å². The molecule has 3 heterocycles. The highest BCUT2D eigenvalue weighted by molar-refractivity contribution is 5.84. The number of primary amides is 1. The van der Waals surface area contributed by atoms with Crippen LogP contribution in [0.5, 0.6) is 5.88 Å². The number of hydrogen-bond acceptors (Lipinski definition) is 8.